The highest BCUT2D eigenvalue weighted by Crippen LogP contribution is 2.33. The first-order chi connectivity index (χ1) is 5.29. The molecule has 0 spiro atoms. The number of anilines is 1. The van der Waals surface area contributed by atoms with Crippen molar-refractivity contribution < 1.29 is 5.11 Å². The van der Waals surface area contributed by atoms with Crippen LogP contribution in [0.25, 0.3) is 10.1 Å². The second-order valence-corrected chi connectivity index (χ2v) is 3.25. The van der Waals surface area contributed by atoms with E-state index in [-0.39, 0.29) is 0 Å². The molecule has 1 heterocycles. The zero-order valence-corrected chi connectivity index (χ0v) is 6.56. The fourth-order valence-corrected chi connectivity index (χ4v) is 1.91. The number of nitrogen functional groups attached to an aromatic ring is 1. The first kappa shape index (κ1) is 6.49. The van der Waals surface area contributed by atoms with Gasteiger partial charge in [0.05, 0.1) is 4.70 Å². The molecule has 0 radical (unpaired) electrons. The van der Waals surface area contributed by atoms with Gasteiger partial charge in [0.2, 0.25) is 0 Å². The molecule has 2 nitrogen and oxygen atoms in total. The highest BCUT2D eigenvalue weighted by Gasteiger charge is 2.02. The van der Waals surface area contributed by atoms with E-state index in [0.717, 1.165) is 15.8 Å². The molecule has 56 valence electrons. The molecule has 0 bridgehead atoms. The van der Waals surface area contributed by atoms with E-state index in [9.17, 15) is 5.11 Å². The molecule has 1 aromatic heterocycles. The zero-order chi connectivity index (χ0) is 7.84. The Hall–Kier alpha value is -1.22. The maximum atomic E-state index is 9.34. The monoisotopic (exact) mass is 165 g/mol. The van der Waals surface area contributed by atoms with Crippen LogP contribution in [0, 0.1) is 0 Å². The van der Waals surface area contributed by atoms with Crippen LogP contribution in [0.4, 0.5) is 5.69 Å². The number of phenolic OH excluding ortho intramolecular Hbond substituents is 1. The minimum atomic E-state index is 0.309. The van der Waals surface area contributed by atoms with Gasteiger partial charge in [-0.05, 0) is 23.6 Å². The topological polar surface area (TPSA) is 46.2 Å². The van der Waals surface area contributed by atoms with E-state index >= 15 is 0 Å². The van der Waals surface area contributed by atoms with Crippen molar-refractivity contribution in [3.05, 3.63) is 23.6 Å². The number of fused-ring (bicyclic) bond motifs is 1. The van der Waals surface area contributed by atoms with Crippen LogP contribution in [0.15, 0.2) is 23.6 Å². The summed E-state index contributed by atoms with van der Waals surface area (Å²) in [5.74, 6) is 0.309. The Kier molecular flexibility index (Phi) is 1.26. The Labute approximate surface area is 67.9 Å². The van der Waals surface area contributed by atoms with E-state index in [2.05, 4.69) is 0 Å². The van der Waals surface area contributed by atoms with Crippen molar-refractivity contribution in [2.45, 2.75) is 0 Å². The zero-order valence-electron chi connectivity index (χ0n) is 5.74. The van der Waals surface area contributed by atoms with Gasteiger partial charge in [0.25, 0.3) is 0 Å². The molecule has 11 heavy (non-hydrogen) atoms. The summed E-state index contributed by atoms with van der Waals surface area (Å²) in [6.07, 6.45) is 0. The van der Waals surface area contributed by atoms with Gasteiger partial charge in [-0.3, -0.25) is 0 Å². The predicted molar refractivity (Wildman–Crippen MR) is 47.9 cm³/mol. The minimum absolute atomic E-state index is 0.309. The van der Waals surface area contributed by atoms with Crippen LogP contribution < -0.4 is 5.73 Å². The second kappa shape index (κ2) is 2.13. The Morgan fingerprint density at radius 1 is 1.27 bits per heavy atom. The molecule has 0 saturated heterocycles. The summed E-state index contributed by atoms with van der Waals surface area (Å²) in [6.45, 7) is 0. The van der Waals surface area contributed by atoms with Gasteiger partial charge in [-0.25, -0.2) is 0 Å². The van der Waals surface area contributed by atoms with Crippen molar-refractivity contribution in [2.24, 2.45) is 0 Å². The summed E-state index contributed by atoms with van der Waals surface area (Å²) in [5.41, 5.74) is 6.39. The third-order valence-electron chi connectivity index (χ3n) is 1.63. The van der Waals surface area contributed by atoms with E-state index in [1.54, 1.807) is 12.1 Å². The maximum Gasteiger partial charge on any atom is 0.133 e. The maximum absolute atomic E-state index is 9.34. The Balaban J connectivity index is 2.96. The van der Waals surface area contributed by atoms with Crippen LogP contribution in [0.3, 0.4) is 0 Å². The lowest BCUT2D eigenvalue weighted by molar-refractivity contribution is 0.482. The van der Waals surface area contributed by atoms with Crippen molar-refractivity contribution in [1.29, 1.82) is 0 Å². The molecule has 0 unspecified atom stereocenters. The first-order valence-corrected chi connectivity index (χ1v) is 4.11. The number of aromatic hydroxyl groups is 1. The molecule has 0 fully saturated rings. The Bertz CT molecular complexity index is 358. The fraction of sp³-hybridized carbons (Fsp3) is 0. The molecule has 0 atom stereocenters. The van der Waals surface area contributed by atoms with Crippen molar-refractivity contribution in [3.8, 4) is 5.75 Å². The molecule has 0 aliphatic rings. The SMILES string of the molecule is Nc1ccc(O)c2sccc12. The molecule has 0 amide bonds. The molecular weight excluding hydrogens is 158 g/mol. The summed E-state index contributed by atoms with van der Waals surface area (Å²) >= 11 is 1.50. The molecule has 1 aromatic carbocycles. The summed E-state index contributed by atoms with van der Waals surface area (Å²) in [4.78, 5) is 0. The normalized spacial score (nSPS) is 10.5. The fourth-order valence-electron chi connectivity index (χ4n) is 1.07. The molecular formula is C8H7NOS. The summed E-state index contributed by atoms with van der Waals surface area (Å²) in [5, 5.41) is 12.2. The number of thiophene rings is 1. The van der Waals surface area contributed by atoms with Gasteiger partial charge in [0, 0.05) is 11.1 Å². The third kappa shape index (κ3) is 0.851. The van der Waals surface area contributed by atoms with Crippen LogP contribution in [0.5, 0.6) is 5.75 Å². The second-order valence-electron chi connectivity index (χ2n) is 2.34. The van der Waals surface area contributed by atoms with Gasteiger partial charge in [0.1, 0.15) is 5.75 Å². The average Bonchev–Trinajstić information content (AvgIpc) is 2.45. The largest absolute Gasteiger partial charge is 0.506 e. The van der Waals surface area contributed by atoms with Crippen molar-refractivity contribution >= 4 is 27.1 Å². The molecule has 0 aliphatic heterocycles. The van der Waals surface area contributed by atoms with Crippen molar-refractivity contribution in [1.82, 2.24) is 0 Å². The average molecular weight is 165 g/mol. The van der Waals surface area contributed by atoms with E-state index in [4.69, 9.17) is 5.73 Å². The van der Waals surface area contributed by atoms with Gasteiger partial charge >= 0.3 is 0 Å². The van der Waals surface area contributed by atoms with Gasteiger partial charge in [-0.2, -0.15) is 0 Å². The van der Waals surface area contributed by atoms with E-state index in [1.807, 2.05) is 11.4 Å². The molecule has 0 saturated carbocycles. The van der Waals surface area contributed by atoms with Crippen molar-refractivity contribution in [3.63, 3.8) is 0 Å². The standard InChI is InChI=1S/C8H7NOS/c9-6-1-2-7(10)8-5(6)3-4-11-8/h1-4,10H,9H2. The van der Waals surface area contributed by atoms with Gasteiger partial charge < -0.3 is 10.8 Å². The minimum Gasteiger partial charge on any atom is -0.506 e. The lowest BCUT2D eigenvalue weighted by atomic mass is 10.2. The van der Waals surface area contributed by atoms with Crippen LogP contribution in [0.2, 0.25) is 0 Å². The van der Waals surface area contributed by atoms with Crippen molar-refractivity contribution in [2.75, 3.05) is 5.73 Å². The van der Waals surface area contributed by atoms with E-state index in [0.29, 0.717) is 5.75 Å². The molecule has 2 aromatic rings. The number of phenols is 1. The van der Waals surface area contributed by atoms with Crippen LogP contribution in [-0.2, 0) is 0 Å². The summed E-state index contributed by atoms with van der Waals surface area (Å²) in [7, 11) is 0. The van der Waals surface area contributed by atoms with E-state index in [1.165, 1.54) is 11.3 Å². The Morgan fingerprint density at radius 2 is 2.09 bits per heavy atom. The lowest BCUT2D eigenvalue weighted by Gasteiger charge is -1.96. The van der Waals surface area contributed by atoms with Gasteiger partial charge in [-0.1, -0.05) is 0 Å². The number of hydrogen-bond donors (Lipinski definition) is 2. The van der Waals surface area contributed by atoms with Gasteiger partial charge in [0.15, 0.2) is 0 Å². The number of nitrogens with two attached hydrogens (primary N) is 1. The predicted octanol–water partition coefficient (Wildman–Crippen LogP) is 2.19. The van der Waals surface area contributed by atoms with Crippen LogP contribution >= 0.6 is 11.3 Å². The lowest BCUT2D eigenvalue weighted by Crippen LogP contribution is -1.83. The smallest absolute Gasteiger partial charge is 0.133 e. The highest BCUT2D eigenvalue weighted by atomic mass is 32.1. The Morgan fingerprint density at radius 3 is 2.82 bits per heavy atom. The molecule has 3 heteroatoms. The molecule has 0 aliphatic carbocycles. The number of hydrogen-bond acceptors (Lipinski definition) is 3. The number of benzene rings is 1. The van der Waals surface area contributed by atoms with Crippen LogP contribution in [0.1, 0.15) is 0 Å². The third-order valence-corrected chi connectivity index (χ3v) is 2.57. The van der Waals surface area contributed by atoms with Crippen LogP contribution in [-0.4, -0.2) is 5.11 Å². The first-order valence-electron chi connectivity index (χ1n) is 3.23. The molecule has 2 rings (SSSR count). The molecule has 3 N–H and O–H groups in total. The van der Waals surface area contributed by atoms with Gasteiger partial charge in [-0.15, -0.1) is 11.3 Å². The van der Waals surface area contributed by atoms with E-state index < -0.39 is 0 Å². The quantitative estimate of drug-likeness (QED) is 0.464. The number of rotatable bonds is 0. The highest BCUT2D eigenvalue weighted by molar-refractivity contribution is 7.17. The summed E-state index contributed by atoms with van der Waals surface area (Å²) in [6, 6.07) is 5.24. The summed E-state index contributed by atoms with van der Waals surface area (Å²) < 4.78 is 0.866.